The van der Waals surface area contributed by atoms with Gasteiger partial charge in [-0.3, -0.25) is 9.69 Å². The van der Waals surface area contributed by atoms with Crippen LogP contribution < -0.4 is 4.74 Å². The van der Waals surface area contributed by atoms with Crippen LogP contribution in [0.1, 0.15) is 42.3 Å². The van der Waals surface area contributed by atoms with Crippen molar-refractivity contribution in [3.8, 4) is 16.9 Å². The molecule has 0 aliphatic rings. The fraction of sp³-hybridized carbons (Fsp3) is 0.321. The van der Waals surface area contributed by atoms with Crippen molar-refractivity contribution in [3.63, 3.8) is 0 Å². The van der Waals surface area contributed by atoms with E-state index in [0.29, 0.717) is 5.75 Å². The Hall–Kier alpha value is -2.69. The van der Waals surface area contributed by atoms with Crippen LogP contribution in [-0.4, -0.2) is 24.0 Å². The molecule has 3 aromatic carbocycles. The molecule has 0 bridgehead atoms. The topological polar surface area (TPSA) is 29.5 Å². The van der Waals surface area contributed by atoms with Gasteiger partial charge in [0.15, 0.2) is 0 Å². The smallest absolute Gasteiger partial charge is 0.308 e. The maximum atomic E-state index is 11.6. The highest BCUT2D eigenvalue weighted by Gasteiger charge is 2.19. The first-order valence-electron chi connectivity index (χ1n) is 11.3. The van der Waals surface area contributed by atoms with Gasteiger partial charge in [-0.2, -0.15) is 0 Å². The fourth-order valence-corrected chi connectivity index (χ4v) is 5.93. The normalized spacial score (nSPS) is 11.6. The summed E-state index contributed by atoms with van der Waals surface area (Å²) in [6.45, 7) is 15.3. The number of esters is 1. The van der Waals surface area contributed by atoms with Crippen molar-refractivity contribution in [3.05, 3.63) is 64.0 Å². The number of thiophene rings is 1. The Labute approximate surface area is 194 Å². The van der Waals surface area contributed by atoms with Gasteiger partial charge in [0.25, 0.3) is 0 Å². The molecule has 0 radical (unpaired) electrons. The first-order chi connectivity index (χ1) is 15.3. The van der Waals surface area contributed by atoms with Crippen LogP contribution in [0.4, 0.5) is 0 Å². The van der Waals surface area contributed by atoms with Crippen LogP contribution in [-0.2, 0) is 11.3 Å². The Morgan fingerprint density at radius 3 is 2.28 bits per heavy atom. The minimum absolute atomic E-state index is 0.286. The van der Waals surface area contributed by atoms with Crippen molar-refractivity contribution in [2.45, 2.75) is 48.1 Å². The fourth-order valence-electron chi connectivity index (χ4n) is 4.62. The lowest BCUT2D eigenvalue weighted by Gasteiger charge is -2.17. The van der Waals surface area contributed by atoms with Gasteiger partial charge in [0.1, 0.15) is 5.75 Å². The summed E-state index contributed by atoms with van der Waals surface area (Å²) < 4.78 is 6.83. The number of hydrogen-bond donors (Lipinski definition) is 0. The van der Waals surface area contributed by atoms with Crippen LogP contribution in [0, 0.1) is 20.8 Å². The Kier molecular flexibility index (Phi) is 6.36. The quantitative estimate of drug-likeness (QED) is 0.228. The summed E-state index contributed by atoms with van der Waals surface area (Å²) in [5.74, 6) is 0.383. The molecule has 1 heterocycles. The SMILES string of the molecule is CCN(CC)Cc1sc2cc3ccccc3c(-c3cc(C)c(OC(C)=O)c(C)c3)c2c1C. The van der Waals surface area contributed by atoms with E-state index < -0.39 is 0 Å². The molecular weight excluding hydrogens is 414 g/mol. The Morgan fingerprint density at radius 1 is 1.00 bits per heavy atom. The van der Waals surface area contributed by atoms with E-state index in [4.69, 9.17) is 4.74 Å². The highest BCUT2D eigenvalue weighted by Crippen LogP contribution is 2.44. The van der Waals surface area contributed by atoms with Gasteiger partial charge in [0, 0.05) is 28.4 Å². The maximum Gasteiger partial charge on any atom is 0.308 e. The number of aryl methyl sites for hydroxylation is 3. The van der Waals surface area contributed by atoms with Crippen LogP contribution in [0.3, 0.4) is 0 Å². The standard InChI is InChI=1S/C28H31NO2S/c1-7-29(8-2)16-25-19(5)26-24(32-25)15-21-11-9-10-12-23(21)27(26)22-13-17(3)28(18(4)14-22)31-20(6)30/h9-15H,7-8,16H2,1-6H3. The number of ether oxygens (including phenoxy) is 1. The number of carbonyl (C=O) groups is 1. The van der Waals surface area contributed by atoms with Crippen LogP contribution in [0.15, 0.2) is 42.5 Å². The predicted octanol–water partition coefficient (Wildman–Crippen LogP) is 7.41. The third-order valence-corrected chi connectivity index (χ3v) is 7.52. The molecule has 4 heteroatoms. The maximum absolute atomic E-state index is 11.6. The molecule has 0 spiro atoms. The lowest BCUT2D eigenvalue weighted by molar-refractivity contribution is -0.131. The van der Waals surface area contributed by atoms with Crippen molar-refractivity contribution >= 4 is 38.2 Å². The van der Waals surface area contributed by atoms with E-state index in [1.54, 1.807) is 0 Å². The third kappa shape index (κ3) is 4.05. The summed E-state index contributed by atoms with van der Waals surface area (Å²) in [6, 6.07) is 15.3. The van der Waals surface area contributed by atoms with Crippen molar-refractivity contribution in [1.82, 2.24) is 4.90 Å². The van der Waals surface area contributed by atoms with E-state index in [9.17, 15) is 4.79 Å². The zero-order valence-corrected chi connectivity index (χ0v) is 20.7. The second-order valence-electron chi connectivity index (χ2n) is 8.49. The van der Waals surface area contributed by atoms with E-state index >= 15 is 0 Å². The van der Waals surface area contributed by atoms with Crippen molar-refractivity contribution in [2.75, 3.05) is 13.1 Å². The second kappa shape index (κ2) is 9.05. The molecular formula is C28H31NO2S. The van der Waals surface area contributed by atoms with Gasteiger partial charge < -0.3 is 4.74 Å². The molecule has 0 N–H and O–H groups in total. The number of hydrogen-bond acceptors (Lipinski definition) is 4. The minimum atomic E-state index is -0.286. The van der Waals surface area contributed by atoms with Gasteiger partial charge in [-0.15, -0.1) is 11.3 Å². The number of fused-ring (bicyclic) bond motifs is 2. The minimum Gasteiger partial charge on any atom is -0.426 e. The number of nitrogens with zero attached hydrogens (tertiary/aromatic N) is 1. The van der Waals surface area contributed by atoms with Gasteiger partial charge >= 0.3 is 5.97 Å². The van der Waals surface area contributed by atoms with Gasteiger partial charge in [0.2, 0.25) is 0 Å². The number of rotatable bonds is 6. The zero-order valence-electron chi connectivity index (χ0n) is 19.8. The van der Waals surface area contributed by atoms with Crippen molar-refractivity contribution in [1.29, 1.82) is 0 Å². The average molecular weight is 446 g/mol. The molecule has 166 valence electrons. The molecule has 0 aliphatic carbocycles. The van der Waals surface area contributed by atoms with E-state index in [-0.39, 0.29) is 5.97 Å². The summed E-state index contributed by atoms with van der Waals surface area (Å²) in [5.41, 5.74) is 5.78. The highest BCUT2D eigenvalue weighted by atomic mass is 32.1. The van der Waals surface area contributed by atoms with E-state index in [0.717, 1.165) is 30.8 Å². The van der Waals surface area contributed by atoms with Crippen LogP contribution in [0.2, 0.25) is 0 Å². The third-order valence-electron chi connectivity index (χ3n) is 6.30. The Balaban J connectivity index is 2.00. The van der Waals surface area contributed by atoms with Gasteiger partial charge in [-0.25, -0.2) is 0 Å². The molecule has 32 heavy (non-hydrogen) atoms. The molecule has 0 amide bonds. The number of benzene rings is 3. The second-order valence-corrected chi connectivity index (χ2v) is 9.63. The zero-order chi connectivity index (χ0) is 23.0. The van der Waals surface area contributed by atoms with Crippen molar-refractivity contribution < 1.29 is 9.53 Å². The van der Waals surface area contributed by atoms with Crippen molar-refractivity contribution in [2.24, 2.45) is 0 Å². The van der Waals surface area contributed by atoms with Gasteiger partial charge in [0.05, 0.1) is 0 Å². The molecule has 0 atom stereocenters. The predicted molar refractivity (Wildman–Crippen MR) is 137 cm³/mol. The molecule has 4 aromatic rings. The Bertz CT molecular complexity index is 1290. The summed E-state index contributed by atoms with van der Waals surface area (Å²) in [7, 11) is 0. The van der Waals surface area contributed by atoms with Crippen LogP contribution >= 0.6 is 11.3 Å². The molecule has 4 rings (SSSR count). The molecule has 3 nitrogen and oxygen atoms in total. The Morgan fingerprint density at radius 2 is 1.66 bits per heavy atom. The van der Waals surface area contributed by atoms with E-state index in [1.165, 1.54) is 49.3 Å². The molecule has 0 fully saturated rings. The highest BCUT2D eigenvalue weighted by molar-refractivity contribution is 7.19. The molecule has 0 saturated heterocycles. The first kappa shape index (κ1) is 22.5. The lowest BCUT2D eigenvalue weighted by atomic mass is 9.91. The summed E-state index contributed by atoms with van der Waals surface area (Å²) in [4.78, 5) is 15.5. The van der Waals surface area contributed by atoms with E-state index in [2.05, 4.69) is 68.1 Å². The molecule has 0 saturated carbocycles. The summed E-state index contributed by atoms with van der Waals surface area (Å²) >= 11 is 1.92. The molecule has 0 unspecified atom stereocenters. The lowest BCUT2D eigenvalue weighted by Crippen LogP contribution is -2.21. The van der Waals surface area contributed by atoms with Crippen LogP contribution in [0.5, 0.6) is 5.75 Å². The number of carbonyl (C=O) groups excluding carboxylic acids is 1. The summed E-state index contributed by atoms with van der Waals surface area (Å²) in [6.07, 6.45) is 0. The van der Waals surface area contributed by atoms with Gasteiger partial charge in [-0.1, -0.05) is 38.1 Å². The molecule has 1 aromatic heterocycles. The first-order valence-corrected chi connectivity index (χ1v) is 12.1. The monoisotopic (exact) mass is 445 g/mol. The summed E-state index contributed by atoms with van der Waals surface area (Å²) in [5, 5.41) is 3.86. The average Bonchev–Trinajstić information content (AvgIpc) is 3.07. The largest absolute Gasteiger partial charge is 0.426 e. The van der Waals surface area contributed by atoms with Crippen LogP contribution in [0.25, 0.3) is 32.0 Å². The molecule has 0 aliphatic heterocycles. The van der Waals surface area contributed by atoms with Gasteiger partial charge in [-0.05, 0) is 90.6 Å². The van der Waals surface area contributed by atoms with E-state index in [1.807, 2.05) is 25.2 Å².